The molecule has 9 fully saturated rings. The Hall–Kier alpha value is -1.35. The highest BCUT2D eigenvalue weighted by molar-refractivity contribution is 5.83. The molecule has 0 aliphatic heterocycles. The summed E-state index contributed by atoms with van der Waals surface area (Å²) in [5, 5.41) is 12.4. The molecule has 0 radical (unpaired) electrons. The van der Waals surface area contributed by atoms with Gasteiger partial charge in [-0.15, -0.1) is 0 Å². The van der Waals surface area contributed by atoms with Crippen LogP contribution in [-0.4, -0.2) is 17.2 Å². The summed E-state index contributed by atoms with van der Waals surface area (Å²) in [5.74, 6) is 3.84. The van der Waals surface area contributed by atoms with Crippen molar-refractivity contribution in [2.24, 2.45) is 58.2 Å². The molecule has 8 bridgehead atoms. The molecule has 0 saturated heterocycles. The zero-order valence-electron chi connectivity index (χ0n) is 19.1. The van der Waals surface area contributed by atoms with Gasteiger partial charge in [-0.3, -0.25) is 4.79 Å². The van der Waals surface area contributed by atoms with Gasteiger partial charge in [0.15, 0.2) is 0 Å². The highest BCUT2D eigenvalue weighted by Crippen LogP contribution is 2.81. The van der Waals surface area contributed by atoms with Crippen LogP contribution in [0.1, 0.15) is 64.9 Å². The standard InChI is InChI=1S/C28H36O3/c1-15-21-13-19(26(21,2)3)14-23(15)31-25(29)27-20-10-16-9-17(12-20)24(22(27)11-16)28(27,30)18-7-5-4-6-8-18/h4-8,15-17,19-24,30H,9-14H2,1-3H3/t15-,16+,17-,19+,20+,21-,22-,23-,24+,27+,28?/m0/s1. The van der Waals surface area contributed by atoms with Crippen molar-refractivity contribution < 1.29 is 14.6 Å². The number of hydrogen-bond donors (Lipinski definition) is 1. The lowest BCUT2D eigenvalue weighted by Gasteiger charge is -2.78. The summed E-state index contributed by atoms with van der Waals surface area (Å²) in [6.07, 6.45) is 6.88. The van der Waals surface area contributed by atoms with E-state index in [0.717, 1.165) is 37.2 Å². The Bertz CT molecular complexity index is 926. The van der Waals surface area contributed by atoms with Crippen LogP contribution in [0.3, 0.4) is 0 Å². The van der Waals surface area contributed by atoms with Crippen molar-refractivity contribution in [3.63, 3.8) is 0 Å². The first kappa shape index (κ1) is 19.1. The Morgan fingerprint density at radius 2 is 1.74 bits per heavy atom. The molecule has 9 saturated carbocycles. The van der Waals surface area contributed by atoms with Crippen LogP contribution in [0.2, 0.25) is 0 Å². The van der Waals surface area contributed by atoms with E-state index in [9.17, 15) is 9.90 Å². The van der Waals surface area contributed by atoms with E-state index in [1.165, 1.54) is 12.8 Å². The quantitative estimate of drug-likeness (QED) is 0.686. The molecule has 1 aromatic carbocycles. The molecule has 166 valence electrons. The third kappa shape index (κ3) is 1.97. The summed E-state index contributed by atoms with van der Waals surface area (Å²) in [6.45, 7) is 7.07. The van der Waals surface area contributed by atoms with Gasteiger partial charge in [-0.1, -0.05) is 51.1 Å². The first-order chi connectivity index (χ1) is 14.8. The van der Waals surface area contributed by atoms with Crippen molar-refractivity contribution in [2.45, 2.75) is 71.0 Å². The molecular formula is C28H36O3. The maximum atomic E-state index is 14.2. The molecule has 0 amide bonds. The second kappa shape index (κ2) is 5.76. The largest absolute Gasteiger partial charge is 0.462 e. The van der Waals surface area contributed by atoms with Gasteiger partial charge in [-0.25, -0.2) is 0 Å². The molecule has 1 aromatic rings. The summed E-state index contributed by atoms with van der Waals surface area (Å²) in [4.78, 5) is 14.2. The highest BCUT2D eigenvalue weighted by atomic mass is 16.5. The van der Waals surface area contributed by atoms with Gasteiger partial charge in [0.1, 0.15) is 17.1 Å². The molecule has 1 N–H and O–H groups in total. The van der Waals surface area contributed by atoms with Gasteiger partial charge in [-0.2, -0.15) is 0 Å². The van der Waals surface area contributed by atoms with E-state index in [2.05, 4.69) is 20.8 Å². The molecule has 10 rings (SSSR count). The number of benzene rings is 1. The Kier molecular flexibility index (Phi) is 3.56. The van der Waals surface area contributed by atoms with Gasteiger partial charge in [0.05, 0.1) is 0 Å². The third-order valence-electron chi connectivity index (χ3n) is 11.8. The minimum atomic E-state index is -1.05. The Labute approximate surface area is 185 Å². The molecule has 9 aliphatic rings. The van der Waals surface area contributed by atoms with Crippen molar-refractivity contribution in [2.75, 3.05) is 0 Å². The average Bonchev–Trinajstić information content (AvgIpc) is 2.74. The first-order valence-corrected chi connectivity index (χ1v) is 12.8. The molecule has 3 nitrogen and oxygen atoms in total. The maximum Gasteiger partial charge on any atom is 0.316 e. The summed E-state index contributed by atoms with van der Waals surface area (Å²) >= 11 is 0. The third-order valence-corrected chi connectivity index (χ3v) is 11.8. The molecule has 0 aromatic heterocycles. The van der Waals surface area contributed by atoms with Gasteiger partial charge in [0.2, 0.25) is 0 Å². The van der Waals surface area contributed by atoms with Crippen molar-refractivity contribution >= 4 is 5.97 Å². The summed E-state index contributed by atoms with van der Waals surface area (Å²) in [5.41, 5.74) is -0.433. The molecule has 9 aliphatic carbocycles. The van der Waals surface area contributed by atoms with Gasteiger partial charge < -0.3 is 9.84 Å². The summed E-state index contributed by atoms with van der Waals surface area (Å²) < 4.78 is 6.48. The van der Waals surface area contributed by atoms with Crippen LogP contribution in [0.15, 0.2) is 30.3 Å². The number of carbonyl (C=O) groups excluding carboxylic acids is 1. The average molecular weight is 421 g/mol. The molecular weight excluding hydrogens is 384 g/mol. The van der Waals surface area contributed by atoms with Crippen molar-refractivity contribution in [1.29, 1.82) is 0 Å². The van der Waals surface area contributed by atoms with Crippen molar-refractivity contribution in [3.05, 3.63) is 35.9 Å². The second-order valence-corrected chi connectivity index (χ2v) is 12.8. The summed E-state index contributed by atoms with van der Waals surface area (Å²) in [7, 11) is 0. The van der Waals surface area contributed by atoms with Crippen LogP contribution < -0.4 is 0 Å². The Balaban J connectivity index is 1.26. The first-order valence-electron chi connectivity index (χ1n) is 12.8. The van der Waals surface area contributed by atoms with Gasteiger partial charge in [-0.05, 0) is 96.8 Å². The highest BCUT2D eigenvalue weighted by Gasteiger charge is 2.85. The molecule has 3 heteroatoms. The molecule has 31 heavy (non-hydrogen) atoms. The van der Waals surface area contributed by atoms with Crippen molar-refractivity contribution in [3.8, 4) is 0 Å². The van der Waals surface area contributed by atoms with E-state index in [4.69, 9.17) is 4.74 Å². The zero-order valence-corrected chi connectivity index (χ0v) is 19.1. The fraction of sp³-hybridized carbons (Fsp3) is 0.750. The van der Waals surface area contributed by atoms with Gasteiger partial charge >= 0.3 is 5.97 Å². The predicted molar refractivity (Wildman–Crippen MR) is 118 cm³/mol. The van der Waals surface area contributed by atoms with E-state index < -0.39 is 11.0 Å². The topological polar surface area (TPSA) is 46.5 Å². The normalized spacial score (nSPS) is 54.6. The lowest BCUT2D eigenvalue weighted by atomic mass is 9.25. The fourth-order valence-corrected chi connectivity index (χ4v) is 10.4. The van der Waals surface area contributed by atoms with Crippen LogP contribution in [-0.2, 0) is 15.1 Å². The number of rotatable bonds is 3. The van der Waals surface area contributed by atoms with Crippen LogP contribution >= 0.6 is 0 Å². The minimum Gasteiger partial charge on any atom is -0.462 e. The fourth-order valence-electron chi connectivity index (χ4n) is 10.4. The molecule has 1 unspecified atom stereocenters. The predicted octanol–water partition coefficient (Wildman–Crippen LogP) is 5.17. The lowest BCUT2D eigenvalue weighted by molar-refractivity contribution is -0.369. The van der Waals surface area contributed by atoms with Crippen LogP contribution in [0.5, 0.6) is 0 Å². The lowest BCUT2D eigenvalue weighted by Crippen LogP contribution is -2.82. The molecule has 0 heterocycles. The summed E-state index contributed by atoms with van der Waals surface area (Å²) in [6, 6.07) is 10.1. The number of fused-ring (bicyclic) bond motifs is 2. The van der Waals surface area contributed by atoms with Crippen LogP contribution in [0.25, 0.3) is 0 Å². The number of hydrogen-bond acceptors (Lipinski definition) is 3. The second-order valence-electron chi connectivity index (χ2n) is 12.8. The maximum absolute atomic E-state index is 14.2. The van der Waals surface area contributed by atoms with E-state index in [0.29, 0.717) is 35.0 Å². The molecule has 0 spiro atoms. The smallest absolute Gasteiger partial charge is 0.316 e. The number of carbonyl (C=O) groups is 1. The van der Waals surface area contributed by atoms with Crippen LogP contribution in [0, 0.1) is 58.2 Å². The Morgan fingerprint density at radius 3 is 2.42 bits per heavy atom. The van der Waals surface area contributed by atoms with E-state index in [-0.39, 0.29) is 23.9 Å². The van der Waals surface area contributed by atoms with Gasteiger partial charge in [0, 0.05) is 0 Å². The monoisotopic (exact) mass is 420 g/mol. The Morgan fingerprint density at radius 1 is 0.968 bits per heavy atom. The number of ether oxygens (including phenoxy) is 1. The van der Waals surface area contributed by atoms with Crippen LogP contribution in [0.4, 0.5) is 0 Å². The van der Waals surface area contributed by atoms with E-state index in [1.54, 1.807) is 0 Å². The number of esters is 1. The van der Waals surface area contributed by atoms with Crippen molar-refractivity contribution in [1.82, 2.24) is 0 Å². The minimum absolute atomic E-state index is 0.0231. The van der Waals surface area contributed by atoms with E-state index in [1.807, 2.05) is 30.3 Å². The SMILES string of the molecule is C[C@@H]1[C@@H](OC(=O)[C@@]23[C@@H]4C[C@H]5C[C@@H](C4)[C@H]([C@@H]2C5)C3(O)c2ccccc2)C[C@H]2C[C@@H]1C2(C)C. The molecule has 11 atom stereocenters. The van der Waals surface area contributed by atoms with E-state index >= 15 is 0 Å². The van der Waals surface area contributed by atoms with Gasteiger partial charge in [0.25, 0.3) is 0 Å². The number of aliphatic hydroxyl groups is 1. The zero-order chi connectivity index (χ0) is 21.3.